The van der Waals surface area contributed by atoms with Gasteiger partial charge >= 0.3 is 6.09 Å². The lowest BCUT2D eigenvalue weighted by molar-refractivity contribution is 0.0195. The zero-order valence-electron chi connectivity index (χ0n) is 14.6. The van der Waals surface area contributed by atoms with Crippen LogP contribution in [0.4, 0.5) is 4.79 Å². The third-order valence-corrected chi connectivity index (χ3v) is 4.52. The molecule has 0 spiro atoms. The minimum absolute atomic E-state index is 0.329. The van der Waals surface area contributed by atoms with Crippen molar-refractivity contribution >= 4 is 29.5 Å². The average molecular weight is 382 g/mol. The number of carbonyl (C=O) groups excluding carboxylic acids is 1. The van der Waals surface area contributed by atoms with E-state index in [0.717, 1.165) is 11.3 Å². The number of ether oxygens (including phenoxy) is 1. The van der Waals surface area contributed by atoms with Crippen molar-refractivity contribution < 1.29 is 9.53 Å². The fourth-order valence-electron chi connectivity index (χ4n) is 2.56. The molecule has 25 heavy (non-hydrogen) atoms. The zero-order valence-corrected chi connectivity index (χ0v) is 16.2. The Kier molecular flexibility index (Phi) is 4.92. The Balaban J connectivity index is 1.91. The van der Waals surface area contributed by atoms with Gasteiger partial charge in [-0.2, -0.15) is 5.10 Å². The summed E-state index contributed by atoms with van der Waals surface area (Å²) in [7, 11) is 0. The highest BCUT2D eigenvalue weighted by molar-refractivity contribution is 7.98. The monoisotopic (exact) mass is 381 g/mol. The van der Waals surface area contributed by atoms with Gasteiger partial charge in [-0.1, -0.05) is 23.4 Å². The first-order valence-corrected chi connectivity index (χ1v) is 9.48. The molecule has 0 aromatic carbocycles. The highest BCUT2D eigenvalue weighted by Gasteiger charge is 2.29. The van der Waals surface area contributed by atoms with E-state index in [2.05, 4.69) is 15.1 Å². The van der Waals surface area contributed by atoms with Gasteiger partial charge in [0.25, 0.3) is 0 Å². The van der Waals surface area contributed by atoms with Crippen LogP contribution in [0.3, 0.4) is 0 Å². The molecule has 0 unspecified atom stereocenters. The first-order chi connectivity index (χ1) is 11.8. The molecule has 1 amide bonds. The van der Waals surface area contributed by atoms with Crippen LogP contribution in [0.25, 0.3) is 11.3 Å². The van der Waals surface area contributed by atoms with Gasteiger partial charge in [-0.05, 0) is 27.0 Å². The third-order valence-electron chi connectivity index (χ3n) is 3.68. The summed E-state index contributed by atoms with van der Waals surface area (Å²) < 4.78 is 7.36. The molecule has 1 aliphatic rings. The normalized spacial score (nSPS) is 14.4. The minimum atomic E-state index is -0.527. The molecule has 0 bridgehead atoms. The number of nitrogens with zero attached hydrogens (tertiary/aromatic N) is 5. The first kappa shape index (κ1) is 18.0. The second-order valence-corrected chi connectivity index (χ2v) is 7.86. The molecule has 0 N–H and O–H groups in total. The van der Waals surface area contributed by atoms with Crippen LogP contribution in [-0.2, 0) is 17.8 Å². The van der Waals surface area contributed by atoms with Crippen LogP contribution in [0, 0.1) is 0 Å². The van der Waals surface area contributed by atoms with Crippen molar-refractivity contribution in [3.8, 4) is 11.3 Å². The van der Waals surface area contributed by atoms with Crippen molar-refractivity contribution in [3.05, 3.63) is 23.1 Å². The van der Waals surface area contributed by atoms with Crippen LogP contribution >= 0.6 is 23.4 Å². The van der Waals surface area contributed by atoms with Gasteiger partial charge in [0.2, 0.25) is 0 Å². The molecule has 0 saturated heterocycles. The van der Waals surface area contributed by atoms with E-state index in [1.165, 1.54) is 11.8 Å². The molecule has 2 aromatic heterocycles. The Bertz CT molecular complexity index is 802. The minimum Gasteiger partial charge on any atom is -0.444 e. The van der Waals surface area contributed by atoms with E-state index in [0.29, 0.717) is 35.5 Å². The van der Waals surface area contributed by atoms with Gasteiger partial charge in [-0.3, -0.25) is 4.68 Å². The van der Waals surface area contributed by atoms with Gasteiger partial charge in [0.15, 0.2) is 5.16 Å². The van der Waals surface area contributed by atoms with Gasteiger partial charge in [-0.15, -0.1) is 0 Å². The fraction of sp³-hybridized carbons (Fsp3) is 0.500. The van der Waals surface area contributed by atoms with E-state index in [1.54, 1.807) is 17.3 Å². The zero-order chi connectivity index (χ0) is 18.2. The lowest BCUT2D eigenvalue weighted by Gasteiger charge is -2.30. The molecule has 2 aromatic rings. The summed E-state index contributed by atoms with van der Waals surface area (Å²) in [4.78, 5) is 22.7. The topological polar surface area (TPSA) is 73.1 Å². The molecule has 0 aliphatic carbocycles. The standard InChI is InChI=1S/C16H20ClN5O2S/c1-16(2,3)24-15(23)21-5-6-22-12(9-21)10(7-19-22)13-11(17)8-18-14(20-13)25-4/h7-8H,5-6,9H2,1-4H3. The Morgan fingerprint density at radius 3 is 2.76 bits per heavy atom. The summed E-state index contributed by atoms with van der Waals surface area (Å²) >= 11 is 7.74. The molecule has 7 nitrogen and oxygen atoms in total. The van der Waals surface area contributed by atoms with Gasteiger partial charge < -0.3 is 9.64 Å². The van der Waals surface area contributed by atoms with E-state index in [-0.39, 0.29) is 6.09 Å². The molecule has 0 fully saturated rings. The van der Waals surface area contributed by atoms with Crippen molar-refractivity contribution in [1.29, 1.82) is 0 Å². The van der Waals surface area contributed by atoms with Crippen molar-refractivity contribution in [2.45, 2.75) is 44.6 Å². The lowest BCUT2D eigenvalue weighted by atomic mass is 10.1. The summed E-state index contributed by atoms with van der Waals surface area (Å²) in [6.45, 7) is 7.13. The number of hydrogen-bond acceptors (Lipinski definition) is 6. The van der Waals surface area contributed by atoms with Crippen molar-refractivity contribution in [2.24, 2.45) is 0 Å². The molecule has 134 valence electrons. The number of aromatic nitrogens is 4. The average Bonchev–Trinajstić information content (AvgIpc) is 2.96. The smallest absolute Gasteiger partial charge is 0.410 e. The van der Waals surface area contributed by atoms with Crippen molar-refractivity contribution in [3.63, 3.8) is 0 Å². The summed E-state index contributed by atoms with van der Waals surface area (Å²) in [5.41, 5.74) is 1.81. The van der Waals surface area contributed by atoms with Gasteiger partial charge in [0.1, 0.15) is 5.60 Å². The Labute approximate surface area is 155 Å². The summed E-state index contributed by atoms with van der Waals surface area (Å²) in [6, 6.07) is 0. The highest BCUT2D eigenvalue weighted by atomic mass is 35.5. The Morgan fingerprint density at radius 2 is 2.08 bits per heavy atom. The predicted molar refractivity (Wildman–Crippen MR) is 96.7 cm³/mol. The largest absolute Gasteiger partial charge is 0.444 e. The second kappa shape index (κ2) is 6.84. The van der Waals surface area contributed by atoms with Crippen LogP contribution < -0.4 is 0 Å². The quantitative estimate of drug-likeness (QED) is 0.585. The number of amides is 1. The van der Waals surface area contributed by atoms with Crippen molar-refractivity contribution in [2.75, 3.05) is 12.8 Å². The first-order valence-electron chi connectivity index (χ1n) is 7.88. The van der Waals surface area contributed by atoms with Crippen LogP contribution in [0.15, 0.2) is 17.6 Å². The third kappa shape index (κ3) is 3.90. The van der Waals surface area contributed by atoms with Crippen LogP contribution in [0.2, 0.25) is 5.02 Å². The summed E-state index contributed by atoms with van der Waals surface area (Å²) in [5.74, 6) is 0. The summed E-state index contributed by atoms with van der Waals surface area (Å²) in [6.07, 6.45) is 4.91. The predicted octanol–water partition coefficient (Wildman–Crippen LogP) is 3.47. The molecule has 3 heterocycles. The maximum absolute atomic E-state index is 12.4. The van der Waals surface area contributed by atoms with E-state index in [9.17, 15) is 4.79 Å². The number of halogens is 1. The molecule has 0 saturated carbocycles. The second-order valence-electron chi connectivity index (χ2n) is 6.68. The van der Waals surface area contributed by atoms with Crippen molar-refractivity contribution in [1.82, 2.24) is 24.6 Å². The van der Waals surface area contributed by atoms with Crippen LogP contribution in [-0.4, -0.2) is 49.1 Å². The van der Waals surface area contributed by atoms with E-state index in [1.807, 2.05) is 31.7 Å². The lowest BCUT2D eigenvalue weighted by Crippen LogP contribution is -2.41. The number of carbonyl (C=O) groups is 1. The molecule has 0 radical (unpaired) electrons. The summed E-state index contributed by atoms with van der Waals surface area (Å²) in [5, 5.41) is 5.51. The van der Waals surface area contributed by atoms with Gasteiger partial charge in [0, 0.05) is 12.1 Å². The van der Waals surface area contributed by atoms with Crippen LogP contribution in [0.1, 0.15) is 26.5 Å². The Morgan fingerprint density at radius 1 is 1.32 bits per heavy atom. The molecule has 3 rings (SSSR count). The molecule has 9 heteroatoms. The van der Waals surface area contributed by atoms with E-state index in [4.69, 9.17) is 16.3 Å². The van der Waals surface area contributed by atoms with E-state index < -0.39 is 5.60 Å². The maximum atomic E-state index is 12.4. The SMILES string of the molecule is CSc1ncc(Cl)c(-c2cnn3c2CN(C(=O)OC(C)(C)C)CC3)n1. The number of thioether (sulfide) groups is 1. The molecular formula is C16H20ClN5O2S. The fourth-order valence-corrected chi connectivity index (χ4v) is 3.10. The number of rotatable bonds is 2. The van der Waals surface area contributed by atoms with E-state index >= 15 is 0 Å². The molecule has 0 atom stereocenters. The number of hydrogen-bond donors (Lipinski definition) is 0. The molecule has 1 aliphatic heterocycles. The van der Waals surface area contributed by atoms with Crippen LogP contribution in [0.5, 0.6) is 0 Å². The van der Waals surface area contributed by atoms with Gasteiger partial charge in [0.05, 0.1) is 41.9 Å². The Hall–Kier alpha value is -1.80. The molecular weight excluding hydrogens is 362 g/mol. The number of fused-ring (bicyclic) bond motifs is 1. The maximum Gasteiger partial charge on any atom is 0.410 e. The van der Waals surface area contributed by atoms with Gasteiger partial charge in [-0.25, -0.2) is 14.8 Å². The highest BCUT2D eigenvalue weighted by Crippen LogP contribution is 2.31.